The molecule has 0 radical (unpaired) electrons. The average molecular weight is 383 g/mol. The van der Waals surface area contributed by atoms with Gasteiger partial charge in [0, 0.05) is 31.9 Å². The largest absolute Gasteiger partial charge is 0.500 e. The number of ether oxygens (including phenoxy) is 1. The lowest BCUT2D eigenvalue weighted by molar-refractivity contribution is -0.131. The quantitative estimate of drug-likeness (QED) is 0.298. The minimum atomic E-state index is -2.58. The van der Waals surface area contributed by atoms with Crippen molar-refractivity contribution in [3.8, 4) is 5.75 Å². The first-order valence-corrected chi connectivity index (χ1v) is 11.0. The number of hydrogen-bond donors (Lipinski definition) is 1. The van der Waals surface area contributed by atoms with Gasteiger partial charge >= 0.3 is 14.8 Å². The van der Waals surface area contributed by atoms with E-state index in [1.54, 1.807) is 6.08 Å². The molecule has 0 atom stereocenters. The second-order valence-corrected chi connectivity index (χ2v) is 8.26. The number of aliphatic carboxylic acids is 1. The summed E-state index contributed by atoms with van der Waals surface area (Å²) in [5.41, 5.74) is 0.792. The van der Waals surface area contributed by atoms with Crippen LogP contribution >= 0.6 is 0 Å². The van der Waals surface area contributed by atoms with E-state index in [0.29, 0.717) is 26.4 Å². The van der Waals surface area contributed by atoms with E-state index in [1.165, 1.54) is 0 Å². The topological polar surface area (TPSA) is 74.2 Å². The summed E-state index contributed by atoms with van der Waals surface area (Å²) >= 11 is 0. The van der Waals surface area contributed by atoms with Crippen LogP contribution in [-0.2, 0) is 18.1 Å². The van der Waals surface area contributed by atoms with Crippen LogP contribution in [0, 0.1) is 0 Å². The van der Waals surface area contributed by atoms with E-state index in [1.807, 2.05) is 45.0 Å². The Morgan fingerprint density at radius 3 is 2.31 bits per heavy atom. The van der Waals surface area contributed by atoms with Crippen LogP contribution in [-0.4, -0.2) is 46.3 Å². The predicted octanol–water partition coefficient (Wildman–Crippen LogP) is 3.99. The molecule has 1 N–H and O–H groups in total. The van der Waals surface area contributed by atoms with Gasteiger partial charge in [-0.3, -0.25) is 0 Å². The lowest BCUT2D eigenvalue weighted by atomic mass is 10.2. The van der Waals surface area contributed by atoms with Crippen LogP contribution in [0.3, 0.4) is 0 Å². The van der Waals surface area contributed by atoms with Crippen LogP contribution < -0.4 is 4.74 Å². The van der Waals surface area contributed by atoms with Crippen LogP contribution in [0.25, 0.3) is 6.08 Å². The van der Waals surface area contributed by atoms with Gasteiger partial charge in [0.2, 0.25) is 0 Å². The number of hydrogen-bond acceptors (Lipinski definition) is 5. The van der Waals surface area contributed by atoms with Crippen LogP contribution in [0.2, 0.25) is 6.04 Å². The summed E-state index contributed by atoms with van der Waals surface area (Å²) in [5, 5.41) is 8.68. The third kappa shape index (κ3) is 8.62. The molecular formula is C19H30O6Si. The van der Waals surface area contributed by atoms with Gasteiger partial charge in [-0.2, -0.15) is 0 Å². The van der Waals surface area contributed by atoms with Gasteiger partial charge in [0.1, 0.15) is 5.75 Å². The molecule has 1 aromatic carbocycles. The molecule has 0 aromatic heterocycles. The predicted molar refractivity (Wildman–Crippen MR) is 103 cm³/mol. The second-order valence-electron chi connectivity index (χ2n) is 5.53. The van der Waals surface area contributed by atoms with Crippen molar-refractivity contribution in [2.45, 2.75) is 39.7 Å². The van der Waals surface area contributed by atoms with E-state index in [0.717, 1.165) is 36.3 Å². The highest BCUT2D eigenvalue weighted by atomic mass is 28.4. The second kappa shape index (κ2) is 12.6. The monoisotopic (exact) mass is 382 g/mol. The van der Waals surface area contributed by atoms with Gasteiger partial charge in [-0.05, 0) is 57.4 Å². The van der Waals surface area contributed by atoms with E-state index in [2.05, 4.69) is 0 Å². The summed E-state index contributed by atoms with van der Waals surface area (Å²) in [4.78, 5) is 10.6. The molecule has 0 fully saturated rings. The van der Waals surface area contributed by atoms with Crippen molar-refractivity contribution >= 4 is 20.8 Å². The molecule has 0 bridgehead atoms. The Morgan fingerprint density at radius 1 is 1.08 bits per heavy atom. The number of carboxylic acid groups (broad SMARTS) is 1. The van der Waals surface area contributed by atoms with Crippen molar-refractivity contribution in [2.75, 3.05) is 26.4 Å². The molecule has 0 aliphatic carbocycles. The van der Waals surface area contributed by atoms with Gasteiger partial charge in [0.15, 0.2) is 0 Å². The van der Waals surface area contributed by atoms with Crippen LogP contribution in [0.15, 0.2) is 30.3 Å². The summed E-state index contributed by atoms with van der Waals surface area (Å²) in [5.74, 6) is -0.248. The van der Waals surface area contributed by atoms with Crippen LogP contribution in [0.4, 0.5) is 0 Å². The molecule has 0 saturated heterocycles. The normalized spacial score (nSPS) is 11.8. The Kier molecular flexibility index (Phi) is 10.9. The fourth-order valence-electron chi connectivity index (χ4n) is 2.51. The van der Waals surface area contributed by atoms with E-state index >= 15 is 0 Å². The minimum absolute atomic E-state index is 0.570. The molecule has 1 rings (SSSR count). The zero-order chi connectivity index (χ0) is 19.3. The fraction of sp³-hybridized carbons (Fsp3) is 0.526. The molecule has 0 unspecified atom stereocenters. The van der Waals surface area contributed by atoms with Gasteiger partial charge in [-0.1, -0.05) is 12.1 Å². The number of benzene rings is 1. The maximum absolute atomic E-state index is 10.6. The lowest BCUT2D eigenvalue weighted by Gasteiger charge is -2.28. The van der Waals surface area contributed by atoms with E-state index in [9.17, 15) is 4.79 Å². The van der Waals surface area contributed by atoms with Gasteiger partial charge < -0.3 is 23.1 Å². The molecule has 26 heavy (non-hydrogen) atoms. The van der Waals surface area contributed by atoms with Gasteiger partial charge in [-0.15, -0.1) is 0 Å². The summed E-state index contributed by atoms with van der Waals surface area (Å²) in [7, 11) is -2.58. The van der Waals surface area contributed by atoms with Crippen molar-refractivity contribution in [1.29, 1.82) is 0 Å². The molecule has 1 aromatic rings. The summed E-state index contributed by atoms with van der Waals surface area (Å²) in [6.45, 7) is 8.18. The fourth-order valence-corrected chi connectivity index (χ4v) is 5.20. The highest BCUT2D eigenvalue weighted by Gasteiger charge is 2.39. The molecule has 0 amide bonds. The summed E-state index contributed by atoms with van der Waals surface area (Å²) < 4.78 is 23.3. The molecular weight excluding hydrogens is 352 g/mol. The Labute approximate surface area is 157 Å². The zero-order valence-corrected chi connectivity index (χ0v) is 16.9. The van der Waals surface area contributed by atoms with Gasteiger partial charge in [-0.25, -0.2) is 4.79 Å². The number of carboxylic acids is 1. The first-order chi connectivity index (χ1) is 12.5. The standard InChI is InChI=1S/C19H30O6Si/c1-4-23-26(24-5-2,25-6-3)15-8-7-14-22-18-11-9-10-17(16-18)12-13-19(20)21/h9-13,16H,4-8,14-15H2,1-3H3,(H,20,21). The Bertz CT molecular complexity index is 544. The van der Waals surface area contributed by atoms with Gasteiger partial charge in [0.05, 0.1) is 6.61 Å². The highest BCUT2D eigenvalue weighted by Crippen LogP contribution is 2.20. The molecule has 7 heteroatoms. The summed E-state index contributed by atoms with van der Waals surface area (Å²) in [6.07, 6.45) is 4.40. The van der Waals surface area contributed by atoms with E-state index < -0.39 is 14.8 Å². The third-order valence-corrected chi connectivity index (χ3v) is 6.67. The lowest BCUT2D eigenvalue weighted by Crippen LogP contribution is -2.45. The number of carbonyl (C=O) groups is 1. The maximum atomic E-state index is 10.6. The van der Waals surface area contributed by atoms with E-state index in [-0.39, 0.29) is 0 Å². The molecule has 0 aliphatic heterocycles. The van der Waals surface area contributed by atoms with Gasteiger partial charge in [0.25, 0.3) is 0 Å². The Hall–Kier alpha value is -1.67. The van der Waals surface area contributed by atoms with Crippen LogP contribution in [0.5, 0.6) is 5.75 Å². The minimum Gasteiger partial charge on any atom is -0.494 e. The molecule has 146 valence electrons. The molecule has 0 heterocycles. The van der Waals surface area contributed by atoms with Crippen molar-refractivity contribution in [3.63, 3.8) is 0 Å². The first-order valence-electron chi connectivity index (χ1n) is 9.11. The number of unbranched alkanes of at least 4 members (excludes halogenated alkanes) is 1. The maximum Gasteiger partial charge on any atom is 0.500 e. The smallest absolute Gasteiger partial charge is 0.494 e. The Morgan fingerprint density at radius 2 is 1.73 bits per heavy atom. The van der Waals surface area contributed by atoms with Crippen molar-refractivity contribution < 1.29 is 27.9 Å². The van der Waals surface area contributed by atoms with Crippen molar-refractivity contribution in [2.24, 2.45) is 0 Å². The molecule has 0 saturated carbocycles. The van der Waals surface area contributed by atoms with Crippen LogP contribution in [0.1, 0.15) is 39.2 Å². The molecule has 6 nitrogen and oxygen atoms in total. The first kappa shape index (κ1) is 22.4. The highest BCUT2D eigenvalue weighted by molar-refractivity contribution is 6.60. The Balaban J connectivity index is 2.45. The van der Waals surface area contributed by atoms with Crippen molar-refractivity contribution in [1.82, 2.24) is 0 Å². The number of rotatable bonds is 14. The summed E-state index contributed by atoms with van der Waals surface area (Å²) in [6, 6.07) is 8.12. The third-order valence-electron chi connectivity index (χ3n) is 3.52. The van der Waals surface area contributed by atoms with Crippen molar-refractivity contribution in [3.05, 3.63) is 35.9 Å². The van der Waals surface area contributed by atoms with E-state index in [4.69, 9.17) is 23.1 Å². The SMILES string of the molecule is CCO[Si](CCCCOc1cccc(C=CC(=O)O)c1)(OCC)OCC. The zero-order valence-electron chi connectivity index (χ0n) is 15.9. The average Bonchev–Trinajstić information content (AvgIpc) is 2.61. The molecule has 0 aliphatic rings. The molecule has 0 spiro atoms.